The molecule has 2 rings (SSSR count). The first kappa shape index (κ1) is 14.4. The van der Waals surface area contributed by atoms with Crippen LogP contribution in [0.25, 0.3) is 11.1 Å². The fourth-order valence-corrected chi connectivity index (χ4v) is 2.26. The second-order valence-corrected chi connectivity index (χ2v) is 5.86. The Labute approximate surface area is 120 Å². The van der Waals surface area contributed by atoms with Crippen LogP contribution in [0.15, 0.2) is 36.4 Å². The highest BCUT2D eigenvalue weighted by atomic mass is 16.3. The number of rotatable bonds is 3. The Hall–Kier alpha value is -1.96. The largest absolute Gasteiger partial charge is 0.507 e. The lowest BCUT2D eigenvalue weighted by molar-refractivity contribution is 0.468. The van der Waals surface area contributed by atoms with E-state index in [4.69, 9.17) is 0 Å². The predicted molar refractivity (Wildman–Crippen MR) is 83.4 cm³/mol. The van der Waals surface area contributed by atoms with Crippen molar-refractivity contribution in [3.63, 3.8) is 0 Å². The molecule has 20 heavy (non-hydrogen) atoms. The van der Waals surface area contributed by atoms with Crippen LogP contribution in [0.1, 0.15) is 50.7 Å². The van der Waals surface area contributed by atoms with Gasteiger partial charge in [-0.15, -0.1) is 0 Å². The van der Waals surface area contributed by atoms with Crippen molar-refractivity contribution in [3.8, 4) is 22.6 Å². The molecule has 0 saturated heterocycles. The standard InChI is InChI=1S/C18H22O2/c1-11(2)13-5-7-17(19)15(9-13)16-10-14(12(3)4)6-8-18(16)20/h5-12,19-20H,1-4H3. The first-order chi connectivity index (χ1) is 9.40. The highest BCUT2D eigenvalue weighted by Gasteiger charge is 2.13. The number of aromatic hydroxyl groups is 2. The van der Waals surface area contributed by atoms with Crippen molar-refractivity contribution in [3.05, 3.63) is 47.5 Å². The molecule has 0 aliphatic heterocycles. The second-order valence-electron chi connectivity index (χ2n) is 5.86. The predicted octanol–water partition coefficient (Wildman–Crippen LogP) is 5.01. The van der Waals surface area contributed by atoms with Crippen LogP contribution >= 0.6 is 0 Å². The van der Waals surface area contributed by atoms with Crippen molar-refractivity contribution >= 4 is 0 Å². The van der Waals surface area contributed by atoms with Gasteiger partial charge in [0.15, 0.2) is 0 Å². The van der Waals surface area contributed by atoms with Crippen molar-refractivity contribution in [2.75, 3.05) is 0 Å². The van der Waals surface area contributed by atoms with E-state index in [1.807, 2.05) is 24.3 Å². The quantitative estimate of drug-likeness (QED) is 0.822. The van der Waals surface area contributed by atoms with E-state index in [2.05, 4.69) is 27.7 Å². The second kappa shape index (κ2) is 5.58. The van der Waals surface area contributed by atoms with Crippen LogP contribution in [-0.2, 0) is 0 Å². The monoisotopic (exact) mass is 270 g/mol. The minimum absolute atomic E-state index is 0.200. The highest BCUT2D eigenvalue weighted by Crippen LogP contribution is 2.38. The first-order valence-electron chi connectivity index (χ1n) is 7.06. The normalized spacial score (nSPS) is 11.3. The van der Waals surface area contributed by atoms with Crippen molar-refractivity contribution in [2.45, 2.75) is 39.5 Å². The third-order valence-electron chi connectivity index (χ3n) is 3.66. The fourth-order valence-electron chi connectivity index (χ4n) is 2.26. The molecule has 0 amide bonds. The van der Waals surface area contributed by atoms with Crippen LogP contribution in [-0.4, -0.2) is 10.2 Å². The molecule has 0 saturated carbocycles. The minimum Gasteiger partial charge on any atom is -0.507 e. The van der Waals surface area contributed by atoms with Crippen LogP contribution in [0.5, 0.6) is 11.5 Å². The van der Waals surface area contributed by atoms with Gasteiger partial charge < -0.3 is 10.2 Å². The van der Waals surface area contributed by atoms with Gasteiger partial charge in [-0.2, -0.15) is 0 Å². The Bertz CT molecular complexity index is 557. The summed E-state index contributed by atoms with van der Waals surface area (Å²) in [5.74, 6) is 1.16. The van der Waals surface area contributed by atoms with E-state index < -0.39 is 0 Å². The van der Waals surface area contributed by atoms with Crippen LogP contribution in [0.3, 0.4) is 0 Å². The molecule has 0 unspecified atom stereocenters. The van der Waals surface area contributed by atoms with Crippen LogP contribution in [0.2, 0.25) is 0 Å². The summed E-state index contributed by atoms with van der Waals surface area (Å²) in [5.41, 5.74) is 3.67. The highest BCUT2D eigenvalue weighted by molar-refractivity contribution is 5.76. The summed E-state index contributed by atoms with van der Waals surface area (Å²) in [7, 11) is 0. The lowest BCUT2D eigenvalue weighted by atomic mass is 9.93. The molecule has 0 aromatic heterocycles. The molecule has 2 aromatic carbocycles. The summed E-state index contributed by atoms with van der Waals surface area (Å²) < 4.78 is 0. The molecule has 2 nitrogen and oxygen atoms in total. The lowest BCUT2D eigenvalue weighted by Gasteiger charge is -2.14. The Balaban J connectivity index is 2.61. The average molecular weight is 270 g/mol. The van der Waals surface area contributed by atoms with Crippen LogP contribution < -0.4 is 0 Å². The van der Waals surface area contributed by atoms with E-state index in [9.17, 15) is 10.2 Å². The van der Waals surface area contributed by atoms with E-state index in [0.29, 0.717) is 23.0 Å². The van der Waals surface area contributed by atoms with Crippen molar-refractivity contribution in [1.82, 2.24) is 0 Å². The van der Waals surface area contributed by atoms with Gasteiger partial charge in [0.1, 0.15) is 11.5 Å². The summed E-state index contributed by atoms with van der Waals surface area (Å²) in [5, 5.41) is 20.2. The molecule has 0 aliphatic carbocycles. The van der Waals surface area contributed by atoms with Gasteiger partial charge in [-0.05, 0) is 47.2 Å². The van der Waals surface area contributed by atoms with Crippen molar-refractivity contribution in [2.24, 2.45) is 0 Å². The molecule has 0 fully saturated rings. The summed E-state index contributed by atoms with van der Waals surface area (Å²) >= 11 is 0. The van der Waals surface area contributed by atoms with Gasteiger partial charge in [-0.3, -0.25) is 0 Å². The number of phenolic OH excluding ortho intramolecular Hbond substituents is 2. The van der Waals surface area contributed by atoms with E-state index in [1.165, 1.54) is 0 Å². The third kappa shape index (κ3) is 2.79. The van der Waals surface area contributed by atoms with Gasteiger partial charge in [0.25, 0.3) is 0 Å². The maximum absolute atomic E-state index is 10.1. The molecule has 0 aliphatic rings. The molecule has 0 spiro atoms. The maximum Gasteiger partial charge on any atom is 0.123 e. The maximum atomic E-state index is 10.1. The van der Waals surface area contributed by atoms with Crippen LogP contribution in [0.4, 0.5) is 0 Å². The van der Waals surface area contributed by atoms with Gasteiger partial charge in [0, 0.05) is 11.1 Å². The molecule has 2 heteroatoms. The number of hydrogen-bond acceptors (Lipinski definition) is 2. The first-order valence-corrected chi connectivity index (χ1v) is 7.06. The molecule has 0 heterocycles. The summed E-state index contributed by atoms with van der Waals surface area (Å²) in [6.07, 6.45) is 0. The zero-order valence-corrected chi connectivity index (χ0v) is 12.5. The smallest absolute Gasteiger partial charge is 0.123 e. The van der Waals surface area contributed by atoms with Crippen molar-refractivity contribution < 1.29 is 10.2 Å². The molecule has 0 bridgehead atoms. The number of phenols is 2. The molecule has 2 aromatic rings. The average Bonchev–Trinajstić information content (AvgIpc) is 2.39. The third-order valence-corrected chi connectivity index (χ3v) is 3.66. The van der Waals surface area contributed by atoms with E-state index in [0.717, 1.165) is 11.1 Å². The Morgan fingerprint density at radius 2 is 1.00 bits per heavy atom. The molecular weight excluding hydrogens is 248 g/mol. The van der Waals surface area contributed by atoms with E-state index in [1.54, 1.807) is 12.1 Å². The molecule has 106 valence electrons. The Morgan fingerprint density at radius 1 is 0.650 bits per heavy atom. The summed E-state index contributed by atoms with van der Waals surface area (Å²) in [6, 6.07) is 11.2. The van der Waals surface area contributed by atoms with Gasteiger partial charge in [-0.1, -0.05) is 39.8 Å². The molecular formula is C18H22O2. The summed E-state index contributed by atoms with van der Waals surface area (Å²) in [6.45, 7) is 8.45. The number of hydrogen-bond donors (Lipinski definition) is 2. The Kier molecular flexibility index (Phi) is 4.03. The van der Waals surface area contributed by atoms with Gasteiger partial charge in [0.05, 0.1) is 0 Å². The molecule has 2 N–H and O–H groups in total. The number of benzene rings is 2. The Morgan fingerprint density at radius 3 is 1.30 bits per heavy atom. The lowest BCUT2D eigenvalue weighted by Crippen LogP contribution is -1.92. The van der Waals surface area contributed by atoms with Gasteiger partial charge in [-0.25, -0.2) is 0 Å². The van der Waals surface area contributed by atoms with E-state index >= 15 is 0 Å². The molecule has 0 atom stereocenters. The minimum atomic E-state index is 0.200. The topological polar surface area (TPSA) is 40.5 Å². The van der Waals surface area contributed by atoms with Gasteiger partial charge >= 0.3 is 0 Å². The SMILES string of the molecule is CC(C)c1ccc(O)c(-c2cc(C(C)C)ccc2O)c1. The summed E-state index contributed by atoms with van der Waals surface area (Å²) in [4.78, 5) is 0. The van der Waals surface area contributed by atoms with Crippen LogP contribution in [0, 0.1) is 0 Å². The fraction of sp³-hybridized carbons (Fsp3) is 0.333. The zero-order chi connectivity index (χ0) is 14.9. The van der Waals surface area contributed by atoms with Gasteiger partial charge in [0.2, 0.25) is 0 Å². The molecule has 0 radical (unpaired) electrons. The van der Waals surface area contributed by atoms with Crippen molar-refractivity contribution in [1.29, 1.82) is 0 Å². The van der Waals surface area contributed by atoms with E-state index in [-0.39, 0.29) is 11.5 Å². The zero-order valence-electron chi connectivity index (χ0n) is 12.5.